The van der Waals surface area contributed by atoms with E-state index in [0.29, 0.717) is 16.5 Å². The third kappa shape index (κ3) is 3.48. The van der Waals surface area contributed by atoms with Crippen LogP contribution in [0.25, 0.3) is 0 Å². The third-order valence-electron chi connectivity index (χ3n) is 2.99. The molecule has 1 unspecified atom stereocenters. The Morgan fingerprint density at radius 2 is 2.21 bits per heavy atom. The van der Waals surface area contributed by atoms with E-state index in [0.717, 1.165) is 17.7 Å². The minimum Gasteiger partial charge on any atom is -0.273 e. The van der Waals surface area contributed by atoms with Gasteiger partial charge in [-0.3, -0.25) is 16.0 Å². The van der Waals surface area contributed by atoms with E-state index >= 15 is 0 Å². The summed E-state index contributed by atoms with van der Waals surface area (Å²) in [7, 11) is 0. The smallest absolute Gasteiger partial charge is 0.0522 e. The number of hydrogen-bond donors (Lipinski definition) is 2. The Balaban J connectivity index is 2.22. The zero-order chi connectivity index (χ0) is 13.8. The summed E-state index contributed by atoms with van der Waals surface area (Å²) in [6, 6.07) is 5.27. The van der Waals surface area contributed by atoms with Crippen LogP contribution in [0.2, 0.25) is 10.0 Å². The van der Waals surface area contributed by atoms with Gasteiger partial charge in [-0.05, 0) is 42.7 Å². The summed E-state index contributed by atoms with van der Waals surface area (Å²) >= 11 is 12.2. The number of nitrogens with two attached hydrogens (primary N) is 1. The van der Waals surface area contributed by atoms with Gasteiger partial charge in [-0.25, -0.2) is 0 Å². The van der Waals surface area contributed by atoms with Crippen molar-refractivity contribution in [2.75, 3.05) is 0 Å². The number of halogens is 2. The van der Waals surface area contributed by atoms with Crippen molar-refractivity contribution < 1.29 is 0 Å². The minimum atomic E-state index is -0.0966. The van der Waals surface area contributed by atoms with E-state index in [-0.39, 0.29) is 6.04 Å². The molecular weight excluding hydrogens is 283 g/mol. The summed E-state index contributed by atoms with van der Waals surface area (Å²) in [5.41, 5.74) is 4.77. The number of hydrazine groups is 1. The SMILES string of the molecule is CCn1cc(CC(NN)c2cc(Cl)ccc2Cl)cn1. The van der Waals surface area contributed by atoms with Crippen molar-refractivity contribution in [2.45, 2.75) is 25.9 Å². The van der Waals surface area contributed by atoms with Gasteiger partial charge in [0.25, 0.3) is 0 Å². The highest BCUT2D eigenvalue weighted by Crippen LogP contribution is 2.28. The van der Waals surface area contributed by atoms with Gasteiger partial charge in [-0.2, -0.15) is 5.10 Å². The van der Waals surface area contributed by atoms with Crippen molar-refractivity contribution in [3.05, 3.63) is 51.8 Å². The quantitative estimate of drug-likeness (QED) is 0.659. The lowest BCUT2D eigenvalue weighted by Gasteiger charge is -2.17. The van der Waals surface area contributed by atoms with Gasteiger partial charge < -0.3 is 0 Å². The maximum absolute atomic E-state index is 6.19. The highest BCUT2D eigenvalue weighted by molar-refractivity contribution is 6.33. The summed E-state index contributed by atoms with van der Waals surface area (Å²) in [4.78, 5) is 0. The molecule has 19 heavy (non-hydrogen) atoms. The first kappa shape index (κ1) is 14.3. The summed E-state index contributed by atoms with van der Waals surface area (Å²) in [6.07, 6.45) is 4.55. The number of benzene rings is 1. The first-order valence-corrected chi connectivity index (χ1v) is 6.82. The highest BCUT2D eigenvalue weighted by atomic mass is 35.5. The maximum Gasteiger partial charge on any atom is 0.0522 e. The number of aryl methyl sites for hydroxylation is 1. The molecule has 0 saturated carbocycles. The molecule has 1 atom stereocenters. The Kier molecular flexibility index (Phi) is 4.82. The van der Waals surface area contributed by atoms with Gasteiger partial charge in [-0.15, -0.1) is 0 Å². The zero-order valence-electron chi connectivity index (χ0n) is 10.6. The molecule has 0 spiro atoms. The highest BCUT2D eigenvalue weighted by Gasteiger charge is 2.15. The Labute approximate surface area is 122 Å². The standard InChI is InChI=1S/C13H16Cl2N4/c1-2-19-8-9(7-17-19)5-13(18-16)11-6-10(14)3-4-12(11)15/h3-4,6-8,13,18H,2,5,16H2,1H3. The monoisotopic (exact) mass is 298 g/mol. The molecule has 0 saturated heterocycles. The second-order valence-corrected chi connectivity index (χ2v) is 5.14. The van der Waals surface area contributed by atoms with E-state index in [1.54, 1.807) is 12.1 Å². The van der Waals surface area contributed by atoms with Crippen LogP contribution in [-0.2, 0) is 13.0 Å². The van der Waals surface area contributed by atoms with Crippen LogP contribution in [0.3, 0.4) is 0 Å². The molecule has 2 rings (SSSR count). The number of nitrogens with one attached hydrogen (secondary N) is 1. The Morgan fingerprint density at radius 1 is 1.42 bits per heavy atom. The van der Waals surface area contributed by atoms with E-state index in [1.807, 2.05) is 30.1 Å². The number of aromatic nitrogens is 2. The molecule has 0 aliphatic rings. The summed E-state index contributed by atoms with van der Waals surface area (Å²) in [5.74, 6) is 5.63. The number of rotatable bonds is 5. The molecule has 6 heteroatoms. The van der Waals surface area contributed by atoms with Crippen LogP contribution in [-0.4, -0.2) is 9.78 Å². The predicted molar refractivity (Wildman–Crippen MR) is 78.1 cm³/mol. The fraction of sp³-hybridized carbons (Fsp3) is 0.308. The fourth-order valence-corrected chi connectivity index (χ4v) is 2.39. The van der Waals surface area contributed by atoms with Crippen molar-refractivity contribution in [3.8, 4) is 0 Å². The summed E-state index contributed by atoms with van der Waals surface area (Å²) < 4.78 is 1.88. The molecule has 0 aliphatic carbocycles. The van der Waals surface area contributed by atoms with Crippen LogP contribution in [0.5, 0.6) is 0 Å². The lowest BCUT2D eigenvalue weighted by atomic mass is 10.0. The van der Waals surface area contributed by atoms with Crippen LogP contribution in [0.4, 0.5) is 0 Å². The van der Waals surface area contributed by atoms with Crippen LogP contribution >= 0.6 is 23.2 Å². The van der Waals surface area contributed by atoms with Crippen LogP contribution in [0.1, 0.15) is 24.1 Å². The lowest BCUT2D eigenvalue weighted by Crippen LogP contribution is -2.29. The molecule has 1 aromatic carbocycles. The Morgan fingerprint density at radius 3 is 2.84 bits per heavy atom. The summed E-state index contributed by atoms with van der Waals surface area (Å²) in [6.45, 7) is 2.89. The zero-order valence-corrected chi connectivity index (χ0v) is 12.1. The normalized spacial score (nSPS) is 12.6. The van der Waals surface area contributed by atoms with Crippen LogP contribution in [0.15, 0.2) is 30.6 Å². The van der Waals surface area contributed by atoms with Gasteiger partial charge in [0.05, 0.1) is 12.2 Å². The molecule has 0 fully saturated rings. The van der Waals surface area contributed by atoms with Crippen LogP contribution in [0, 0.1) is 0 Å². The van der Waals surface area contributed by atoms with E-state index < -0.39 is 0 Å². The molecule has 4 nitrogen and oxygen atoms in total. The van der Waals surface area contributed by atoms with Crippen molar-refractivity contribution >= 4 is 23.2 Å². The Bertz CT molecular complexity index is 553. The van der Waals surface area contributed by atoms with E-state index in [9.17, 15) is 0 Å². The molecule has 0 aliphatic heterocycles. The molecule has 0 amide bonds. The first-order valence-electron chi connectivity index (χ1n) is 6.06. The Hall–Kier alpha value is -1.07. The number of nitrogens with zero attached hydrogens (tertiary/aromatic N) is 2. The molecule has 0 radical (unpaired) electrons. The van der Waals surface area contributed by atoms with Crippen molar-refractivity contribution in [1.82, 2.24) is 15.2 Å². The molecule has 3 N–H and O–H groups in total. The van der Waals surface area contributed by atoms with E-state index in [2.05, 4.69) is 10.5 Å². The van der Waals surface area contributed by atoms with E-state index in [1.165, 1.54) is 0 Å². The molecule has 102 valence electrons. The number of hydrogen-bond acceptors (Lipinski definition) is 3. The second kappa shape index (κ2) is 6.39. The molecule has 1 heterocycles. The van der Waals surface area contributed by atoms with Gasteiger partial charge in [-0.1, -0.05) is 23.2 Å². The lowest BCUT2D eigenvalue weighted by molar-refractivity contribution is 0.551. The predicted octanol–water partition coefficient (Wildman–Crippen LogP) is 2.96. The van der Waals surface area contributed by atoms with E-state index in [4.69, 9.17) is 29.0 Å². The van der Waals surface area contributed by atoms with Gasteiger partial charge >= 0.3 is 0 Å². The first-order chi connectivity index (χ1) is 9.13. The van der Waals surface area contributed by atoms with Gasteiger partial charge in [0, 0.05) is 22.8 Å². The molecule has 1 aromatic heterocycles. The molecule has 0 bridgehead atoms. The van der Waals surface area contributed by atoms with Gasteiger partial charge in [0.15, 0.2) is 0 Å². The second-order valence-electron chi connectivity index (χ2n) is 4.29. The average Bonchev–Trinajstić information content (AvgIpc) is 2.87. The maximum atomic E-state index is 6.19. The van der Waals surface area contributed by atoms with Crippen molar-refractivity contribution in [3.63, 3.8) is 0 Å². The van der Waals surface area contributed by atoms with Crippen molar-refractivity contribution in [2.24, 2.45) is 5.84 Å². The minimum absolute atomic E-state index is 0.0966. The summed E-state index contributed by atoms with van der Waals surface area (Å²) in [5, 5.41) is 5.54. The topological polar surface area (TPSA) is 55.9 Å². The van der Waals surface area contributed by atoms with Crippen LogP contribution < -0.4 is 11.3 Å². The largest absolute Gasteiger partial charge is 0.273 e. The van der Waals surface area contributed by atoms with Gasteiger partial charge in [0.1, 0.15) is 0 Å². The van der Waals surface area contributed by atoms with Crippen molar-refractivity contribution in [1.29, 1.82) is 0 Å². The average molecular weight is 299 g/mol. The molecule has 2 aromatic rings. The third-order valence-corrected chi connectivity index (χ3v) is 3.56. The fourth-order valence-electron chi connectivity index (χ4n) is 1.96. The van der Waals surface area contributed by atoms with Gasteiger partial charge in [0.2, 0.25) is 0 Å². The molecular formula is C13H16Cl2N4.